The van der Waals surface area contributed by atoms with Crippen LogP contribution in [0.1, 0.15) is 53.4 Å². The van der Waals surface area contributed by atoms with Gasteiger partial charge in [-0.2, -0.15) is 0 Å². The van der Waals surface area contributed by atoms with Crippen molar-refractivity contribution in [3.05, 3.63) is 0 Å². The van der Waals surface area contributed by atoms with Crippen LogP contribution in [0.15, 0.2) is 0 Å². The van der Waals surface area contributed by atoms with Crippen LogP contribution in [-0.2, 0) is 0 Å². The van der Waals surface area contributed by atoms with E-state index in [1.807, 2.05) is 0 Å². The van der Waals surface area contributed by atoms with Crippen LogP contribution in [0, 0.1) is 17.3 Å². The average Bonchev–Trinajstić information content (AvgIpc) is 2.32. The summed E-state index contributed by atoms with van der Waals surface area (Å²) in [7, 11) is 2.31. The molecule has 1 saturated carbocycles. The first-order valence-corrected chi connectivity index (χ1v) is 6.57. The Morgan fingerprint density at radius 3 is 2.33 bits per heavy atom. The number of likely N-dealkylation sites (tertiary alicyclic amines) is 1. The first-order chi connectivity index (χ1) is 6.86. The third kappa shape index (κ3) is 1.84. The van der Waals surface area contributed by atoms with Gasteiger partial charge in [0.2, 0.25) is 0 Å². The minimum Gasteiger partial charge on any atom is -0.301 e. The third-order valence-corrected chi connectivity index (χ3v) is 5.26. The van der Waals surface area contributed by atoms with Crippen molar-refractivity contribution < 1.29 is 0 Å². The number of hydrogen-bond acceptors (Lipinski definition) is 1. The van der Waals surface area contributed by atoms with E-state index in [9.17, 15) is 0 Å². The van der Waals surface area contributed by atoms with E-state index in [0.717, 1.165) is 11.8 Å². The van der Waals surface area contributed by atoms with Crippen molar-refractivity contribution in [2.24, 2.45) is 17.3 Å². The van der Waals surface area contributed by atoms with E-state index in [-0.39, 0.29) is 0 Å². The Morgan fingerprint density at radius 2 is 1.80 bits per heavy atom. The maximum Gasteiger partial charge on any atom is 0.0156 e. The van der Waals surface area contributed by atoms with Crippen LogP contribution in [0.25, 0.3) is 0 Å². The first kappa shape index (κ1) is 11.4. The molecule has 0 amide bonds. The Balaban J connectivity index is 2.20. The molecule has 1 aliphatic heterocycles. The van der Waals surface area contributed by atoms with Gasteiger partial charge in [0.05, 0.1) is 0 Å². The molecule has 0 aromatic heterocycles. The van der Waals surface area contributed by atoms with Crippen LogP contribution < -0.4 is 0 Å². The molecule has 0 bridgehead atoms. The van der Waals surface area contributed by atoms with Crippen molar-refractivity contribution in [1.82, 2.24) is 4.90 Å². The van der Waals surface area contributed by atoms with Crippen LogP contribution in [0.4, 0.5) is 0 Å². The molecule has 0 aromatic rings. The fourth-order valence-electron chi connectivity index (χ4n) is 4.04. The molecule has 88 valence electrons. The Labute approximate surface area is 95.2 Å². The molecule has 1 heterocycles. The van der Waals surface area contributed by atoms with E-state index in [0.29, 0.717) is 11.0 Å². The zero-order valence-electron chi connectivity index (χ0n) is 11.1. The molecule has 0 N–H and O–H groups in total. The molecule has 2 rings (SSSR count). The van der Waals surface area contributed by atoms with E-state index in [2.05, 4.69) is 39.6 Å². The van der Waals surface area contributed by atoms with E-state index in [1.54, 1.807) is 0 Å². The van der Waals surface area contributed by atoms with Crippen molar-refractivity contribution in [1.29, 1.82) is 0 Å². The van der Waals surface area contributed by atoms with Crippen molar-refractivity contribution in [2.75, 3.05) is 13.6 Å². The van der Waals surface area contributed by atoms with Gasteiger partial charge in [-0.1, -0.05) is 20.3 Å². The Bertz CT molecular complexity index is 246. The molecule has 0 aromatic carbocycles. The predicted molar refractivity (Wildman–Crippen MR) is 65.9 cm³/mol. The maximum atomic E-state index is 2.58. The van der Waals surface area contributed by atoms with Crippen LogP contribution in [0.2, 0.25) is 0 Å². The molecule has 1 nitrogen and oxygen atoms in total. The van der Waals surface area contributed by atoms with E-state index < -0.39 is 0 Å². The van der Waals surface area contributed by atoms with Gasteiger partial charge in [0.1, 0.15) is 0 Å². The molecule has 0 radical (unpaired) electrons. The van der Waals surface area contributed by atoms with Gasteiger partial charge in [0, 0.05) is 12.1 Å². The summed E-state index contributed by atoms with van der Waals surface area (Å²) in [5, 5.41) is 0. The van der Waals surface area contributed by atoms with E-state index in [1.165, 1.54) is 32.2 Å². The summed E-state index contributed by atoms with van der Waals surface area (Å²) in [5.74, 6) is 1.88. The molecule has 1 heteroatoms. The van der Waals surface area contributed by atoms with Crippen molar-refractivity contribution in [3.63, 3.8) is 0 Å². The molecular formula is C14H27N. The largest absolute Gasteiger partial charge is 0.301 e. The van der Waals surface area contributed by atoms with Crippen LogP contribution in [0.3, 0.4) is 0 Å². The van der Waals surface area contributed by atoms with Crippen molar-refractivity contribution in [3.8, 4) is 0 Å². The fraction of sp³-hybridized carbons (Fsp3) is 1.00. The highest BCUT2D eigenvalue weighted by molar-refractivity contribution is 5.04. The second kappa shape index (κ2) is 3.48. The summed E-state index contributed by atoms with van der Waals surface area (Å²) in [5.41, 5.74) is 1.06. The zero-order valence-corrected chi connectivity index (χ0v) is 11.1. The van der Waals surface area contributed by atoms with Gasteiger partial charge >= 0.3 is 0 Å². The quantitative estimate of drug-likeness (QED) is 0.590. The predicted octanol–water partition coefficient (Wildman–Crippen LogP) is 3.54. The molecule has 1 spiro atoms. The van der Waals surface area contributed by atoms with Gasteiger partial charge in [-0.3, -0.25) is 0 Å². The molecule has 2 aliphatic rings. The Hall–Kier alpha value is -0.0400. The standard InChI is InChI=1S/C14H27N/c1-11-6-7-12(2)14(8-11)9-13(3,4)15(5)10-14/h11-12H,6-10H2,1-5H3/t11-,12-,14+/m1/s1. The first-order valence-electron chi connectivity index (χ1n) is 6.57. The van der Waals surface area contributed by atoms with Crippen molar-refractivity contribution in [2.45, 2.75) is 58.9 Å². The lowest BCUT2D eigenvalue weighted by atomic mass is 9.62. The SMILES string of the molecule is C[C@@H]1CC[C@@H](C)[C@]2(C1)CN(C)C(C)(C)C2. The minimum absolute atomic E-state index is 0.422. The van der Waals surface area contributed by atoms with Gasteiger partial charge in [-0.15, -0.1) is 0 Å². The summed E-state index contributed by atoms with van der Waals surface area (Å²) in [6.07, 6.45) is 5.77. The van der Waals surface area contributed by atoms with Gasteiger partial charge < -0.3 is 4.90 Å². The zero-order chi connectivity index (χ0) is 11.3. The Kier molecular flexibility index (Phi) is 2.65. The summed E-state index contributed by atoms with van der Waals surface area (Å²) in [6, 6.07) is 0. The topological polar surface area (TPSA) is 3.24 Å². The van der Waals surface area contributed by atoms with E-state index >= 15 is 0 Å². The third-order valence-electron chi connectivity index (χ3n) is 5.26. The molecule has 2 fully saturated rings. The van der Waals surface area contributed by atoms with Gasteiger partial charge in [-0.25, -0.2) is 0 Å². The highest BCUT2D eigenvalue weighted by Crippen LogP contribution is 2.53. The van der Waals surface area contributed by atoms with Crippen molar-refractivity contribution >= 4 is 0 Å². The van der Waals surface area contributed by atoms with Crippen LogP contribution in [0.5, 0.6) is 0 Å². The second-order valence-electron chi connectivity index (χ2n) is 7.00. The highest BCUT2D eigenvalue weighted by Gasteiger charge is 2.51. The monoisotopic (exact) mass is 209 g/mol. The second-order valence-corrected chi connectivity index (χ2v) is 7.00. The summed E-state index contributed by atoms with van der Waals surface area (Å²) < 4.78 is 0. The van der Waals surface area contributed by atoms with Gasteiger partial charge in [0.25, 0.3) is 0 Å². The smallest absolute Gasteiger partial charge is 0.0156 e. The Morgan fingerprint density at radius 1 is 1.13 bits per heavy atom. The lowest BCUT2D eigenvalue weighted by Gasteiger charge is -2.42. The lowest BCUT2D eigenvalue weighted by molar-refractivity contribution is 0.0843. The van der Waals surface area contributed by atoms with Gasteiger partial charge in [0.15, 0.2) is 0 Å². The minimum atomic E-state index is 0.422. The maximum absolute atomic E-state index is 2.58. The van der Waals surface area contributed by atoms with Crippen LogP contribution >= 0.6 is 0 Å². The molecular weight excluding hydrogens is 182 g/mol. The number of hydrogen-bond donors (Lipinski definition) is 0. The summed E-state index contributed by atoms with van der Waals surface area (Å²) >= 11 is 0. The van der Waals surface area contributed by atoms with Gasteiger partial charge in [-0.05, 0) is 57.4 Å². The average molecular weight is 209 g/mol. The lowest BCUT2D eigenvalue weighted by Crippen LogP contribution is -2.37. The molecule has 15 heavy (non-hydrogen) atoms. The van der Waals surface area contributed by atoms with E-state index in [4.69, 9.17) is 0 Å². The number of nitrogens with zero attached hydrogens (tertiary/aromatic N) is 1. The highest BCUT2D eigenvalue weighted by atomic mass is 15.2. The normalized spacial score (nSPS) is 46.2. The molecule has 0 unspecified atom stereocenters. The molecule has 1 saturated heterocycles. The number of rotatable bonds is 0. The van der Waals surface area contributed by atoms with Crippen LogP contribution in [-0.4, -0.2) is 24.0 Å². The molecule has 3 atom stereocenters. The summed E-state index contributed by atoms with van der Waals surface area (Å²) in [6.45, 7) is 11.1. The fourth-order valence-corrected chi connectivity index (χ4v) is 4.04. The summed E-state index contributed by atoms with van der Waals surface area (Å²) in [4.78, 5) is 2.58. The molecule has 1 aliphatic carbocycles.